The van der Waals surface area contributed by atoms with Crippen LogP contribution >= 0.6 is 11.8 Å². The van der Waals surface area contributed by atoms with Gasteiger partial charge in [0.05, 0.1) is 5.56 Å². The molecule has 0 aromatic heterocycles. The van der Waals surface area contributed by atoms with E-state index in [9.17, 15) is 17.6 Å². The molecule has 0 heterocycles. The molecular weight excluding hydrogens is 294 g/mol. The third-order valence-electron chi connectivity index (χ3n) is 2.54. The first-order valence-corrected chi connectivity index (χ1v) is 7.35. The van der Waals surface area contributed by atoms with Gasteiger partial charge < -0.3 is 10.4 Å². The van der Waals surface area contributed by atoms with E-state index in [1.807, 2.05) is 0 Å². The predicted molar refractivity (Wildman–Crippen MR) is 72.1 cm³/mol. The first kappa shape index (κ1) is 17.3. The summed E-state index contributed by atoms with van der Waals surface area (Å²) in [7, 11) is 0. The molecule has 0 bridgehead atoms. The molecule has 20 heavy (non-hydrogen) atoms. The fourth-order valence-corrected chi connectivity index (χ4v) is 2.37. The number of halogens is 4. The van der Waals surface area contributed by atoms with E-state index in [2.05, 4.69) is 5.32 Å². The van der Waals surface area contributed by atoms with Gasteiger partial charge in [0.2, 0.25) is 0 Å². The van der Waals surface area contributed by atoms with E-state index in [1.54, 1.807) is 11.8 Å². The Labute approximate surface area is 119 Å². The van der Waals surface area contributed by atoms with E-state index in [4.69, 9.17) is 5.11 Å². The summed E-state index contributed by atoms with van der Waals surface area (Å²) in [6.45, 7) is 1.08. The monoisotopic (exact) mass is 311 g/mol. The summed E-state index contributed by atoms with van der Waals surface area (Å²) >= 11 is 1.66. The minimum absolute atomic E-state index is 0.163. The number of thioether (sulfide) groups is 1. The molecule has 0 unspecified atom stereocenters. The highest BCUT2D eigenvalue weighted by Crippen LogP contribution is 2.31. The van der Waals surface area contributed by atoms with E-state index < -0.39 is 17.6 Å². The molecule has 0 aliphatic rings. The van der Waals surface area contributed by atoms with Gasteiger partial charge in [0.1, 0.15) is 5.82 Å². The molecule has 7 heteroatoms. The van der Waals surface area contributed by atoms with Crippen LogP contribution in [0.15, 0.2) is 18.2 Å². The third-order valence-corrected chi connectivity index (χ3v) is 3.61. The second kappa shape index (κ2) is 8.49. The van der Waals surface area contributed by atoms with Crippen molar-refractivity contribution in [2.75, 3.05) is 24.7 Å². The molecule has 0 aliphatic heterocycles. The minimum atomic E-state index is -4.67. The molecule has 114 valence electrons. The standard InChI is InChI=1S/C13H17F4NOS/c14-12-3-2-10(8-11(12)13(15,16)17)9-18-4-7-20-6-1-5-19/h2-3,8,18-19H,1,4-7,9H2. The van der Waals surface area contributed by atoms with Crippen LogP contribution in [-0.2, 0) is 12.7 Å². The Hall–Kier alpha value is -0.790. The van der Waals surface area contributed by atoms with Crippen LogP contribution in [0.2, 0.25) is 0 Å². The molecular formula is C13H17F4NOS. The molecule has 1 rings (SSSR count). The Kier molecular flexibility index (Phi) is 7.32. The zero-order valence-corrected chi connectivity index (χ0v) is 11.7. The van der Waals surface area contributed by atoms with Crippen LogP contribution in [0.25, 0.3) is 0 Å². The van der Waals surface area contributed by atoms with Gasteiger partial charge in [-0.3, -0.25) is 0 Å². The zero-order chi connectivity index (χ0) is 15.0. The highest BCUT2D eigenvalue weighted by Gasteiger charge is 2.34. The molecule has 0 fully saturated rings. The summed E-state index contributed by atoms with van der Waals surface area (Å²) in [5.41, 5.74) is -0.826. The van der Waals surface area contributed by atoms with E-state index in [1.165, 1.54) is 6.07 Å². The van der Waals surface area contributed by atoms with Crippen LogP contribution in [0, 0.1) is 5.82 Å². The van der Waals surface area contributed by atoms with Crippen LogP contribution in [0.1, 0.15) is 17.5 Å². The number of aliphatic hydroxyl groups excluding tert-OH is 1. The van der Waals surface area contributed by atoms with E-state index in [-0.39, 0.29) is 13.2 Å². The molecule has 0 aliphatic carbocycles. The molecule has 2 nitrogen and oxygen atoms in total. The molecule has 1 aromatic rings. The van der Waals surface area contributed by atoms with Crippen molar-refractivity contribution in [2.45, 2.75) is 19.1 Å². The van der Waals surface area contributed by atoms with E-state index in [0.29, 0.717) is 12.1 Å². The summed E-state index contributed by atoms with van der Waals surface area (Å²) in [5.74, 6) is 0.418. The van der Waals surface area contributed by atoms with E-state index in [0.717, 1.165) is 30.1 Å². The van der Waals surface area contributed by atoms with Crippen LogP contribution in [0.3, 0.4) is 0 Å². The lowest BCUT2D eigenvalue weighted by Gasteiger charge is -2.10. The molecule has 2 N–H and O–H groups in total. The summed E-state index contributed by atoms with van der Waals surface area (Å²) < 4.78 is 50.6. The smallest absolute Gasteiger partial charge is 0.396 e. The molecule has 0 radical (unpaired) electrons. The Bertz CT molecular complexity index is 412. The van der Waals surface area contributed by atoms with Crippen LogP contribution in [0.4, 0.5) is 17.6 Å². The van der Waals surface area contributed by atoms with Crippen molar-refractivity contribution in [3.63, 3.8) is 0 Å². The van der Waals surface area contributed by atoms with Gasteiger partial charge >= 0.3 is 6.18 Å². The Balaban J connectivity index is 2.38. The van der Waals surface area contributed by atoms with Crippen LogP contribution < -0.4 is 5.32 Å². The van der Waals surface area contributed by atoms with Crippen molar-refractivity contribution >= 4 is 11.8 Å². The molecule has 0 amide bonds. The maximum Gasteiger partial charge on any atom is 0.419 e. The molecule has 0 saturated heterocycles. The van der Waals surface area contributed by atoms with Gasteiger partial charge in [0.25, 0.3) is 0 Å². The Morgan fingerprint density at radius 1 is 1.20 bits per heavy atom. The van der Waals surface area contributed by atoms with Crippen molar-refractivity contribution in [3.05, 3.63) is 35.1 Å². The number of alkyl halides is 3. The topological polar surface area (TPSA) is 32.3 Å². The maximum atomic E-state index is 13.1. The first-order valence-electron chi connectivity index (χ1n) is 6.20. The van der Waals surface area contributed by atoms with Crippen molar-refractivity contribution < 1.29 is 22.7 Å². The lowest BCUT2D eigenvalue weighted by molar-refractivity contribution is -0.140. The lowest BCUT2D eigenvalue weighted by Crippen LogP contribution is -2.17. The number of benzene rings is 1. The average Bonchev–Trinajstić information content (AvgIpc) is 2.38. The third kappa shape index (κ3) is 6.11. The molecule has 0 saturated carbocycles. The summed E-state index contributed by atoms with van der Waals surface area (Å²) in [4.78, 5) is 0. The predicted octanol–water partition coefficient (Wildman–Crippen LogP) is 3.05. The molecule has 1 aromatic carbocycles. The second-order valence-electron chi connectivity index (χ2n) is 4.18. The van der Waals surface area contributed by atoms with Gasteiger partial charge in [0, 0.05) is 25.4 Å². The van der Waals surface area contributed by atoms with E-state index >= 15 is 0 Å². The average molecular weight is 311 g/mol. The fourth-order valence-electron chi connectivity index (χ4n) is 1.55. The van der Waals surface area contributed by atoms with Crippen LogP contribution in [-0.4, -0.2) is 29.8 Å². The summed E-state index contributed by atoms with van der Waals surface area (Å²) in [6.07, 6.45) is -3.93. The summed E-state index contributed by atoms with van der Waals surface area (Å²) in [5, 5.41) is 11.6. The van der Waals surface area contributed by atoms with Crippen molar-refractivity contribution in [1.29, 1.82) is 0 Å². The van der Waals surface area contributed by atoms with Crippen LogP contribution in [0.5, 0.6) is 0 Å². The Morgan fingerprint density at radius 2 is 1.95 bits per heavy atom. The van der Waals surface area contributed by atoms with Gasteiger partial charge in [-0.2, -0.15) is 24.9 Å². The van der Waals surface area contributed by atoms with Crippen molar-refractivity contribution in [1.82, 2.24) is 5.32 Å². The maximum absolute atomic E-state index is 13.1. The largest absolute Gasteiger partial charge is 0.419 e. The quantitative estimate of drug-likeness (QED) is 0.572. The highest BCUT2D eigenvalue weighted by atomic mass is 32.2. The van der Waals surface area contributed by atoms with Gasteiger partial charge in [-0.1, -0.05) is 6.07 Å². The van der Waals surface area contributed by atoms with Crippen molar-refractivity contribution in [3.8, 4) is 0 Å². The fraction of sp³-hybridized carbons (Fsp3) is 0.538. The highest BCUT2D eigenvalue weighted by molar-refractivity contribution is 7.99. The summed E-state index contributed by atoms with van der Waals surface area (Å²) in [6, 6.07) is 3.02. The van der Waals surface area contributed by atoms with Gasteiger partial charge in [0.15, 0.2) is 0 Å². The molecule has 0 spiro atoms. The number of rotatable bonds is 8. The SMILES string of the molecule is OCCCSCCNCc1ccc(F)c(C(F)(F)F)c1. The van der Waals surface area contributed by atoms with Gasteiger partial charge in [-0.15, -0.1) is 0 Å². The number of aliphatic hydroxyl groups is 1. The minimum Gasteiger partial charge on any atom is -0.396 e. The Morgan fingerprint density at radius 3 is 2.60 bits per heavy atom. The second-order valence-corrected chi connectivity index (χ2v) is 5.40. The lowest BCUT2D eigenvalue weighted by atomic mass is 10.1. The number of hydrogen-bond acceptors (Lipinski definition) is 3. The van der Waals surface area contributed by atoms with Gasteiger partial charge in [-0.25, -0.2) is 4.39 Å². The number of nitrogens with one attached hydrogen (secondary N) is 1. The zero-order valence-electron chi connectivity index (χ0n) is 10.8. The van der Waals surface area contributed by atoms with Crippen molar-refractivity contribution in [2.24, 2.45) is 0 Å². The number of hydrogen-bond donors (Lipinski definition) is 2. The van der Waals surface area contributed by atoms with Gasteiger partial charge in [-0.05, 0) is 29.9 Å². The molecule has 0 atom stereocenters. The normalized spacial score (nSPS) is 11.8. The first-order chi connectivity index (χ1) is 9.45.